The number of nitrogens with two attached hydrogens (primary N) is 1. The molecule has 2 aromatic rings. The summed E-state index contributed by atoms with van der Waals surface area (Å²) in [6.45, 7) is 2.10. The quantitative estimate of drug-likeness (QED) is 0.847. The van der Waals surface area contributed by atoms with Crippen LogP contribution in [0.25, 0.3) is 0 Å². The molecule has 0 spiro atoms. The molecule has 3 N–H and O–H groups in total. The van der Waals surface area contributed by atoms with Gasteiger partial charge in [-0.3, -0.25) is 0 Å². The van der Waals surface area contributed by atoms with E-state index in [0.717, 1.165) is 11.1 Å². The van der Waals surface area contributed by atoms with E-state index in [1.165, 1.54) is 11.3 Å². The van der Waals surface area contributed by atoms with Crippen molar-refractivity contribution in [1.29, 1.82) is 0 Å². The molecule has 0 radical (unpaired) electrons. The van der Waals surface area contributed by atoms with Crippen molar-refractivity contribution in [2.45, 2.75) is 17.2 Å². The fraction of sp³-hybridized carbons (Fsp3) is 0.200. The summed E-state index contributed by atoms with van der Waals surface area (Å²) in [5.41, 5.74) is 7.03. The SMILES string of the molecule is CC(NS(=O)(=O)c1cccs1)c1cccc(C#CCN)c1. The van der Waals surface area contributed by atoms with E-state index in [2.05, 4.69) is 16.6 Å². The Morgan fingerprint density at radius 2 is 2.14 bits per heavy atom. The van der Waals surface area contributed by atoms with Crippen LogP contribution in [-0.2, 0) is 10.0 Å². The minimum atomic E-state index is -3.48. The second-order valence-electron chi connectivity index (χ2n) is 4.41. The third-order valence-corrected chi connectivity index (χ3v) is 5.75. The zero-order chi connectivity index (χ0) is 15.3. The van der Waals surface area contributed by atoms with Gasteiger partial charge in [0.25, 0.3) is 10.0 Å². The van der Waals surface area contributed by atoms with E-state index in [1.54, 1.807) is 24.4 Å². The lowest BCUT2D eigenvalue weighted by Gasteiger charge is -2.14. The van der Waals surface area contributed by atoms with Crippen LogP contribution < -0.4 is 10.5 Å². The van der Waals surface area contributed by atoms with Crippen LogP contribution in [0.5, 0.6) is 0 Å². The normalized spacial score (nSPS) is 12.5. The molecule has 1 aromatic carbocycles. The summed E-state index contributed by atoms with van der Waals surface area (Å²) in [6, 6.07) is 10.4. The van der Waals surface area contributed by atoms with Gasteiger partial charge in [-0.1, -0.05) is 30.0 Å². The zero-order valence-corrected chi connectivity index (χ0v) is 13.2. The standard InChI is InChI=1S/C15H16N2O2S2/c1-12(17-21(18,19)15-8-4-10-20-15)14-7-2-5-13(11-14)6-3-9-16/h2,4-5,7-8,10-12,17H,9,16H2,1H3. The molecule has 110 valence electrons. The second-order valence-corrected chi connectivity index (χ2v) is 7.29. The van der Waals surface area contributed by atoms with Crippen molar-refractivity contribution >= 4 is 21.4 Å². The first-order chi connectivity index (χ1) is 10.0. The third-order valence-electron chi connectivity index (χ3n) is 2.81. The molecule has 0 aliphatic carbocycles. The van der Waals surface area contributed by atoms with Gasteiger partial charge >= 0.3 is 0 Å². The summed E-state index contributed by atoms with van der Waals surface area (Å²) in [5.74, 6) is 5.72. The Balaban J connectivity index is 2.19. The number of benzene rings is 1. The van der Waals surface area contributed by atoms with Crippen molar-refractivity contribution in [3.8, 4) is 11.8 Å². The van der Waals surface area contributed by atoms with E-state index in [-0.39, 0.29) is 6.04 Å². The monoisotopic (exact) mass is 320 g/mol. The van der Waals surface area contributed by atoms with Crippen LogP contribution >= 0.6 is 11.3 Å². The molecular weight excluding hydrogens is 304 g/mol. The van der Waals surface area contributed by atoms with Gasteiger partial charge in [-0.15, -0.1) is 11.3 Å². The number of rotatable bonds is 4. The van der Waals surface area contributed by atoms with Gasteiger partial charge in [0.15, 0.2) is 0 Å². The molecule has 0 saturated heterocycles. The van der Waals surface area contributed by atoms with Gasteiger partial charge < -0.3 is 5.73 Å². The van der Waals surface area contributed by atoms with Gasteiger partial charge in [-0.25, -0.2) is 13.1 Å². The minimum absolute atomic E-state index is 0.296. The highest BCUT2D eigenvalue weighted by Crippen LogP contribution is 2.20. The first kappa shape index (κ1) is 15.7. The average molecular weight is 320 g/mol. The van der Waals surface area contributed by atoms with E-state index in [4.69, 9.17) is 5.73 Å². The number of sulfonamides is 1. The largest absolute Gasteiger partial charge is 0.320 e. The van der Waals surface area contributed by atoms with Gasteiger partial charge in [-0.05, 0) is 36.1 Å². The van der Waals surface area contributed by atoms with Crippen molar-refractivity contribution in [1.82, 2.24) is 4.72 Å². The van der Waals surface area contributed by atoms with Gasteiger partial charge in [0.05, 0.1) is 6.54 Å². The summed E-state index contributed by atoms with van der Waals surface area (Å²) in [6.07, 6.45) is 0. The number of thiophene rings is 1. The van der Waals surface area contributed by atoms with Crippen LogP contribution in [0.1, 0.15) is 24.1 Å². The van der Waals surface area contributed by atoms with Crippen LogP contribution in [0, 0.1) is 11.8 Å². The van der Waals surface area contributed by atoms with Gasteiger partial charge in [-0.2, -0.15) is 0 Å². The Morgan fingerprint density at radius 1 is 1.33 bits per heavy atom. The lowest BCUT2D eigenvalue weighted by Crippen LogP contribution is -2.26. The lowest BCUT2D eigenvalue weighted by molar-refractivity contribution is 0.569. The summed E-state index contributed by atoms with van der Waals surface area (Å²) in [4.78, 5) is 0. The summed E-state index contributed by atoms with van der Waals surface area (Å²) in [5, 5.41) is 1.74. The molecule has 1 heterocycles. The fourth-order valence-corrected chi connectivity index (χ4v) is 4.06. The van der Waals surface area contributed by atoms with Gasteiger partial charge in [0.1, 0.15) is 4.21 Å². The molecule has 0 amide bonds. The topological polar surface area (TPSA) is 72.2 Å². The van der Waals surface area contributed by atoms with E-state index < -0.39 is 10.0 Å². The first-order valence-electron chi connectivity index (χ1n) is 6.37. The maximum Gasteiger partial charge on any atom is 0.250 e. The molecule has 0 aliphatic heterocycles. The van der Waals surface area contributed by atoms with Crippen molar-refractivity contribution in [2.75, 3.05) is 6.54 Å². The van der Waals surface area contributed by atoms with Crippen LogP contribution in [-0.4, -0.2) is 15.0 Å². The predicted molar refractivity (Wildman–Crippen MR) is 85.4 cm³/mol. The van der Waals surface area contributed by atoms with Gasteiger partial charge in [0, 0.05) is 11.6 Å². The molecule has 21 heavy (non-hydrogen) atoms. The molecule has 0 bridgehead atoms. The molecule has 1 aromatic heterocycles. The Kier molecular flexibility index (Phi) is 5.15. The molecule has 0 saturated carbocycles. The molecule has 2 rings (SSSR count). The molecule has 6 heteroatoms. The van der Waals surface area contributed by atoms with E-state index in [9.17, 15) is 8.42 Å². The predicted octanol–water partition coefficient (Wildman–Crippen LogP) is 2.10. The van der Waals surface area contributed by atoms with E-state index >= 15 is 0 Å². The zero-order valence-electron chi connectivity index (χ0n) is 11.5. The number of hydrogen-bond acceptors (Lipinski definition) is 4. The van der Waals surface area contributed by atoms with Crippen molar-refractivity contribution in [3.63, 3.8) is 0 Å². The third kappa shape index (κ3) is 4.16. The molecule has 1 unspecified atom stereocenters. The van der Waals surface area contributed by atoms with Crippen LogP contribution in [0.2, 0.25) is 0 Å². The van der Waals surface area contributed by atoms with Crippen LogP contribution in [0.3, 0.4) is 0 Å². The number of nitrogens with one attached hydrogen (secondary N) is 1. The maximum atomic E-state index is 12.2. The van der Waals surface area contributed by atoms with Crippen LogP contribution in [0.4, 0.5) is 0 Å². The van der Waals surface area contributed by atoms with Crippen molar-refractivity contribution in [2.24, 2.45) is 5.73 Å². The summed E-state index contributed by atoms with van der Waals surface area (Å²) >= 11 is 1.19. The Morgan fingerprint density at radius 3 is 2.81 bits per heavy atom. The fourth-order valence-electron chi connectivity index (χ4n) is 1.81. The molecule has 0 fully saturated rings. The maximum absolute atomic E-state index is 12.2. The Hall–Kier alpha value is -1.65. The first-order valence-corrected chi connectivity index (χ1v) is 8.74. The highest BCUT2D eigenvalue weighted by molar-refractivity contribution is 7.91. The average Bonchev–Trinajstić information content (AvgIpc) is 3.00. The van der Waals surface area contributed by atoms with Crippen molar-refractivity contribution < 1.29 is 8.42 Å². The highest BCUT2D eigenvalue weighted by atomic mass is 32.2. The molecule has 1 atom stereocenters. The molecular formula is C15H16N2O2S2. The second kappa shape index (κ2) is 6.87. The Labute approximate surface area is 129 Å². The lowest BCUT2D eigenvalue weighted by atomic mass is 10.1. The van der Waals surface area contributed by atoms with E-state index in [1.807, 2.05) is 24.3 Å². The summed E-state index contributed by atoms with van der Waals surface area (Å²) in [7, 11) is -3.48. The van der Waals surface area contributed by atoms with Gasteiger partial charge in [0.2, 0.25) is 0 Å². The molecule has 4 nitrogen and oxygen atoms in total. The smallest absolute Gasteiger partial charge is 0.250 e. The van der Waals surface area contributed by atoms with E-state index in [0.29, 0.717) is 10.8 Å². The van der Waals surface area contributed by atoms with Crippen LogP contribution in [0.15, 0.2) is 46.0 Å². The highest BCUT2D eigenvalue weighted by Gasteiger charge is 2.19. The summed E-state index contributed by atoms with van der Waals surface area (Å²) < 4.78 is 27.4. The van der Waals surface area contributed by atoms with Crippen molar-refractivity contribution in [3.05, 3.63) is 52.9 Å². The number of hydrogen-bond donors (Lipinski definition) is 2. The molecule has 0 aliphatic rings. The minimum Gasteiger partial charge on any atom is -0.320 e. The Bertz CT molecular complexity index is 756.